The zero-order valence-corrected chi connectivity index (χ0v) is 13.6. The van der Waals surface area contributed by atoms with Crippen molar-refractivity contribution in [2.45, 2.75) is 52.4 Å². The molecule has 1 aromatic rings. The van der Waals surface area contributed by atoms with Crippen molar-refractivity contribution in [3.8, 4) is 0 Å². The molecule has 1 fully saturated rings. The van der Waals surface area contributed by atoms with Crippen LogP contribution in [0.1, 0.15) is 39.2 Å². The first-order valence-corrected chi connectivity index (χ1v) is 7.95. The Hall–Kier alpha value is -1.62. The van der Waals surface area contributed by atoms with Crippen LogP contribution in [0.15, 0.2) is 18.2 Å². The number of benzene rings is 1. The van der Waals surface area contributed by atoms with Gasteiger partial charge in [0.2, 0.25) is 5.91 Å². The molecule has 122 valence electrons. The molecular weight excluding hydrogens is 283 g/mol. The van der Waals surface area contributed by atoms with Crippen LogP contribution >= 0.6 is 0 Å². The first-order valence-electron chi connectivity index (χ1n) is 7.95. The molecule has 2 unspecified atom stereocenters. The highest BCUT2D eigenvalue weighted by molar-refractivity contribution is 5.75. The summed E-state index contributed by atoms with van der Waals surface area (Å²) in [5.74, 6) is -0.244. The highest BCUT2D eigenvalue weighted by atomic mass is 19.1. The Morgan fingerprint density at radius 1 is 1.36 bits per heavy atom. The fourth-order valence-electron chi connectivity index (χ4n) is 2.81. The predicted molar refractivity (Wildman–Crippen MR) is 85.4 cm³/mol. The summed E-state index contributed by atoms with van der Waals surface area (Å²) in [5.41, 5.74) is 1.38. The minimum Gasteiger partial charge on any atom is -0.372 e. The lowest BCUT2D eigenvalue weighted by Gasteiger charge is -2.37. The number of carbonyl (C=O) groups excluding carboxylic acids is 1. The number of hydrogen-bond acceptors (Lipinski definition) is 3. The molecule has 1 N–H and O–H groups in total. The van der Waals surface area contributed by atoms with Gasteiger partial charge in [0.15, 0.2) is 0 Å². The van der Waals surface area contributed by atoms with Gasteiger partial charge in [-0.25, -0.2) is 4.39 Å². The van der Waals surface area contributed by atoms with E-state index in [0.29, 0.717) is 31.7 Å². The average Bonchev–Trinajstić information content (AvgIpc) is 2.44. The van der Waals surface area contributed by atoms with Crippen molar-refractivity contribution in [3.63, 3.8) is 0 Å². The summed E-state index contributed by atoms with van der Waals surface area (Å²) in [4.78, 5) is 13.5. The summed E-state index contributed by atoms with van der Waals surface area (Å²) in [6.07, 6.45) is 1.50. The number of halogens is 1. The van der Waals surface area contributed by atoms with Gasteiger partial charge in [0.1, 0.15) is 5.82 Å². The van der Waals surface area contributed by atoms with Gasteiger partial charge in [-0.1, -0.05) is 13.0 Å². The third kappa shape index (κ3) is 4.44. The Morgan fingerprint density at radius 3 is 2.64 bits per heavy atom. The zero-order valence-electron chi connectivity index (χ0n) is 13.6. The standard InChI is InChI=1S/C17H25FN2O2/c1-4-5-17(21)19-9-14-6-7-16(15(18)8-14)20-10-12(2)22-13(3)11-20/h6-8,12-13H,4-5,9-11H2,1-3H3,(H,19,21). The van der Waals surface area contributed by atoms with Crippen LogP contribution in [0.25, 0.3) is 0 Å². The molecule has 2 rings (SSSR count). The second-order valence-corrected chi connectivity index (χ2v) is 5.97. The van der Waals surface area contributed by atoms with Gasteiger partial charge in [-0.3, -0.25) is 4.79 Å². The minimum absolute atomic E-state index is 0.00261. The van der Waals surface area contributed by atoms with E-state index < -0.39 is 0 Å². The predicted octanol–water partition coefficient (Wildman–Crippen LogP) is 2.86. The van der Waals surface area contributed by atoms with E-state index in [1.807, 2.05) is 31.7 Å². The highest BCUT2D eigenvalue weighted by Crippen LogP contribution is 2.24. The average molecular weight is 308 g/mol. The van der Waals surface area contributed by atoms with Crippen LogP contribution in [0.5, 0.6) is 0 Å². The fraction of sp³-hybridized carbons (Fsp3) is 0.588. The largest absolute Gasteiger partial charge is 0.372 e. The third-order valence-electron chi connectivity index (χ3n) is 3.74. The molecule has 1 aliphatic rings. The van der Waals surface area contributed by atoms with E-state index in [1.165, 1.54) is 6.07 Å². The van der Waals surface area contributed by atoms with Gasteiger partial charge in [-0.15, -0.1) is 0 Å². The maximum absolute atomic E-state index is 14.4. The molecular formula is C17H25FN2O2. The van der Waals surface area contributed by atoms with Gasteiger partial charge < -0.3 is 15.0 Å². The van der Waals surface area contributed by atoms with Gasteiger partial charge in [0, 0.05) is 26.1 Å². The second kappa shape index (κ2) is 7.58. The minimum atomic E-state index is -0.247. The van der Waals surface area contributed by atoms with Gasteiger partial charge in [0.05, 0.1) is 17.9 Å². The quantitative estimate of drug-likeness (QED) is 0.909. The molecule has 0 radical (unpaired) electrons. The molecule has 1 saturated heterocycles. The number of rotatable bonds is 5. The zero-order chi connectivity index (χ0) is 16.1. The van der Waals surface area contributed by atoms with Crippen LogP contribution in [0.2, 0.25) is 0 Å². The molecule has 4 nitrogen and oxygen atoms in total. The Morgan fingerprint density at radius 2 is 2.05 bits per heavy atom. The first-order chi connectivity index (χ1) is 10.5. The van der Waals surface area contributed by atoms with E-state index in [-0.39, 0.29) is 23.9 Å². The van der Waals surface area contributed by atoms with E-state index in [9.17, 15) is 9.18 Å². The van der Waals surface area contributed by atoms with Crippen molar-refractivity contribution in [2.75, 3.05) is 18.0 Å². The number of morpholine rings is 1. The summed E-state index contributed by atoms with van der Waals surface area (Å²) in [5, 5.41) is 2.80. The lowest BCUT2D eigenvalue weighted by molar-refractivity contribution is -0.121. The van der Waals surface area contributed by atoms with Crippen LogP contribution in [0, 0.1) is 5.82 Å². The van der Waals surface area contributed by atoms with Gasteiger partial charge in [-0.2, -0.15) is 0 Å². The van der Waals surface area contributed by atoms with Gasteiger partial charge in [-0.05, 0) is 38.0 Å². The smallest absolute Gasteiger partial charge is 0.220 e. The lowest BCUT2D eigenvalue weighted by atomic mass is 10.1. The summed E-state index contributed by atoms with van der Waals surface area (Å²) in [6, 6.07) is 5.17. The Balaban J connectivity index is 2.01. The molecule has 1 heterocycles. The summed E-state index contributed by atoms with van der Waals surface area (Å²) in [6.45, 7) is 7.70. The summed E-state index contributed by atoms with van der Waals surface area (Å²) < 4.78 is 20.0. The van der Waals surface area contributed by atoms with Crippen molar-refractivity contribution in [3.05, 3.63) is 29.6 Å². The SMILES string of the molecule is CCCC(=O)NCc1ccc(N2CC(C)OC(C)C2)c(F)c1. The Labute approximate surface area is 131 Å². The number of anilines is 1. The van der Waals surface area contributed by atoms with Gasteiger partial charge in [0.25, 0.3) is 0 Å². The molecule has 22 heavy (non-hydrogen) atoms. The van der Waals surface area contributed by atoms with Crippen molar-refractivity contribution in [2.24, 2.45) is 0 Å². The molecule has 0 spiro atoms. The van der Waals surface area contributed by atoms with Gasteiger partial charge >= 0.3 is 0 Å². The number of nitrogens with zero attached hydrogens (tertiary/aromatic N) is 1. The monoisotopic (exact) mass is 308 g/mol. The van der Waals surface area contributed by atoms with Crippen LogP contribution < -0.4 is 10.2 Å². The number of nitrogens with one attached hydrogen (secondary N) is 1. The van der Waals surface area contributed by atoms with E-state index in [0.717, 1.165) is 12.0 Å². The Kier molecular flexibility index (Phi) is 5.77. The fourth-order valence-corrected chi connectivity index (χ4v) is 2.81. The molecule has 5 heteroatoms. The normalized spacial score (nSPS) is 21.7. The van der Waals surface area contributed by atoms with E-state index >= 15 is 0 Å². The second-order valence-electron chi connectivity index (χ2n) is 5.97. The van der Waals surface area contributed by atoms with Crippen LogP contribution in [0.3, 0.4) is 0 Å². The van der Waals surface area contributed by atoms with Crippen LogP contribution in [-0.2, 0) is 16.1 Å². The maximum atomic E-state index is 14.4. The number of carbonyl (C=O) groups is 1. The molecule has 0 bridgehead atoms. The van der Waals surface area contributed by atoms with Crippen molar-refractivity contribution < 1.29 is 13.9 Å². The molecule has 1 aromatic carbocycles. The van der Waals surface area contributed by atoms with E-state index in [1.54, 1.807) is 6.07 Å². The number of hydrogen-bond donors (Lipinski definition) is 1. The summed E-state index contributed by atoms with van der Waals surface area (Å²) in [7, 11) is 0. The topological polar surface area (TPSA) is 41.6 Å². The molecule has 1 aliphatic heterocycles. The summed E-state index contributed by atoms with van der Waals surface area (Å²) >= 11 is 0. The number of ether oxygens (including phenoxy) is 1. The van der Waals surface area contributed by atoms with Crippen molar-refractivity contribution in [1.29, 1.82) is 0 Å². The maximum Gasteiger partial charge on any atom is 0.220 e. The van der Waals surface area contributed by atoms with E-state index in [4.69, 9.17) is 4.74 Å². The highest BCUT2D eigenvalue weighted by Gasteiger charge is 2.24. The van der Waals surface area contributed by atoms with Crippen LogP contribution in [0.4, 0.5) is 10.1 Å². The Bertz CT molecular complexity index is 511. The van der Waals surface area contributed by atoms with Crippen LogP contribution in [-0.4, -0.2) is 31.2 Å². The number of amides is 1. The van der Waals surface area contributed by atoms with Crippen molar-refractivity contribution >= 4 is 11.6 Å². The van der Waals surface area contributed by atoms with Crippen molar-refractivity contribution in [1.82, 2.24) is 5.32 Å². The first kappa shape index (κ1) is 16.7. The lowest BCUT2D eigenvalue weighted by Crippen LogP contribution is -2.45. The third-order valence-corrected chi connectivity index (χ3v) is 3.74. The molecule has 1 amide bonds. The van der Waals surface area contributed by atoms with E-state index in [2.05, 4.69) is 5.32 Å². The molecule has 0 aromatic heterocycles. The molecule has 0 saturated carbocycles. The molecule has 2 atom stereocenters. The molecule has 0 aliphatic carbocycles.